The Hall–Kier alpha value is -0.100. The van der Waals surface area contributed by atoms with E-state index in [1.54, 1.807) is 18.2 Å². The molecule has 0 aliphatic heterocycles. The number of halogens is 2. The molecule has 78 valence electrons. The average Bonchev–Trinajstić information content (AvgIpc) is 2.15. The molecular formula is C8H9BrClNO2S. The van der Waals surface area contributed by atoms with E-state index in [0.717, 1.165) is 5.56 Å². The van der Waals surface area contributed by atoms with Gasteiger partial charge in [0.05, 0.1) is 0 Å². The van der Waals surface area contributed by atoms with Crippen molar-refractivity contribution in [1.29, 1.82) is 0 Å². The highest BCUT2D eigenvalue weighted by Crippen LogP contribution is 2.10. The fraction of sp³-hybridized carbons (Fsp3) is 0.250. The van der Waals surface area contributed by atoms with Gasteiger partial charge in [0.2, 0.25) is 10.0 Å². The van der Waals surface area contributed by atoms with Crippen LogP contribution in [0.25, 0.3) is 0 Å². The van der Waals surface area contributed by atoms with Gasteiger partial charge in [-0.1, -0.05) is 39.7 Å². The van der Waals surface area contributed by atoms with Gasteiger partial charge in [0.15, 0.2) is 0 Å². The summed E-state index contributed by atoms with van der Waals surface area (Å²) in [5.74, 6) is 0. The summed E-state index contributed by atoms with van der Waals surface area (Å²) >= 11 is 8.62. The van der Waals surface area contributed by atoms with Crippen LogP contribution in [0.4, 0.5) is 0 Å². The van der Waals surface area contributed by atoms with Gasteiger partial charge in [-0.2, -0.15) is 0 Å². The van der Waals surface area contributed by atoms with Gasteiger partial charge in [0.1, 0.15) is 4.66 Å². The van der Waals surface area contributed by atoms with Crippen LogP contribution in [0.3, 0.4) is 0 Å². The van der Waals surface area contributed by atoms with E-state index >= 15 is 0 Å². The number of alkyl halides is 1. The molecule has 1 aromatic rings. The van der Waals surface area contributed by atoms with Crippen LogP contribution >= 0.6 is 27.5 Å². The summed E-state index contributed by atoms with van der Waals surface area (Å²) in [6.45, 7) is 0.258. The van der Waals surface area contributed by atoms with Crippen molar-refractivity contribution in [1.82, 2.24) is 4.72 Å². The first kappa shape index (κ1) is 12.0. The second-order valence-electron chi connectivity index (χ2n) is 2.67. The second-order valence-corrected chi connectivity index (χ2v) is 6.22. The zero-order chi connectivity index (χ0) is 10.6. The summed E-state index contributed by atoms with van der Waals surface area (Å²) in [6.07, 6.45) is 0. The molecule has 0 amide bonds. The Morgan fingerprint density at radius 1 is 1.43 bits per heavy atom. The van der Waals surface area contributed by atoms with Crippen molar-refractivity contribution >= 4 is 37.6 Å². The Labute approximate surface area is 96.6 Å². The second kappa shape index (κ2) is 5.11. The van der Waals surface area contributed by atoms with E-state index in [1.165, 1.54) is 0 Å². The van der Waals surface area contributed by atoms with Crippen LogP contribution < -0.4 is 4.72 Å². The van der Waals surface area contributed by atoms with Crippen LogP contribution in [0.2, 0.25) is 5.02 Å². The standard InChI is InChI=1S/C8H9BrClNO2S/c9-6-14(12,13)11-5-7-2-1-3-8(10)4-7/h1-4,11H,5-6H2. The molecule has 0 radical (unpaired) electrons. The number of hydrogen-bond acceptors (Lipinski definition) is 2. The van der Waals surface area contributed by atoms with E-state index in [-0.39, 0.29) is 11.2 Å². The van der Waals surface area contributed by atoms with E-state index in [0.29, 0.717) is 5.02 Å². The molecule has 0 atom stereocenters. The molecule has 1 N–H and O–H groups in total. The number of hydrogen-bond donors (Lipinski definition) is 1. The molecule has 0 fully saturated rings. The smallest absolute Gasteiger partial charge is 0.212 e. The molecule has 0 heterocycles. The number of benzene rings is 1. The van der Waals surface area contributed by atoms with Crippen LogP contribution in [0.1, 0.15) is 5.56 Å². The van der Waals surface area contributed by atoms with E-state index in [2.05, 4.69) is 20.7 Å². The van der Waals surface area contributed by atoms with Crippen molar-refractivity contribution in [3.8, 4) is 0 Å². The van der Waals surface area contributed by atoms with Crippen molar-refractivity contribution in [2.24, 2.45) is 0 Å². The van der Waals surface area contributed by atoms with Crippen molar-refractivity contribution in [2.45, 2.75) is 6.54 Å². The van der Waals surface area contributed by atoms with E-state index in [1.807, 2.05) is 6.07 Å². The van der Waals surface area contributed by atoms with Crippen LogP contribution in [-0.4, -0.2) is 13.1 Å². The summed E-state index contributed by atoms with van der Waals surface area (Å²) in [5, 5.41) is 0.598. The maximum absolute atomic E-state index is 11.1. The predicted octanol–water partition coefficient (Wildman–Crippen LogP) is 2.11. The lowest BCUT2D eigenvalue weighted by atomic mass is 10.2. The summed E-state index contributed by atoms with van der Waals surface area (Å²) in [5.41, 5.74) is 0.835. The number of sulfonamides is 1. The molecule has 0 spiro atoms. The van der Waals surface area contributed by atoms with E-state index in [4.69, 9.17) is 11.6 Å². The molecule has 0 aliphatic carbocycles. The third kappa shape index (κ3) is 3.96. The molecule has 0 saturated carbocycles. The highest BCUT2D eigenvalue weighted by molar-refractivity contribution is 9.10. The first-order valence-electron chi connectivity index (χ1n) is 3.81. The van der Waals surface area contributed by atoms with Gasteiger partial charge in [-0.15, -0.1) is 0 Å². The molecule has 0 bridgehead atoms. The average molecular weight is 299 g/mol. The lowest BCUT2D eigenvalue weighted by Gasteiger charge is -2.03. The highest BCUT2D eigenvalue weighted by atomic mass is 79.9. The fourth-order valence-corrected chi connectivity index (χ4v) is 2.04. The number of rotatable bonds is 4. The van der Waals surface area contributed by atoms with Gasteiger partial charge in [0, 0.05) is 11.6 Å². The molecule has 0 saturated heterocycles. The lowest BCUT2D eigenvalue weighted by molar-refractivity contribution is 0.586. The van der Waals surface area contributed by atoms with Crippen LogP contribution in [-0.2, 0) is 16.6 Å². The summed E-state index contributed by atoms with van der Waals surface area (Å²) in [6, 6.07) is 7.05. The minimum Gasteiger partial charge on any atom is -0.212 e. The van der Waals surface area contributed by atoms with Crippen molar-refractivity contribution in [3.63, 3.8) is 0 Å². The fourth-order valence-electron chi connectivity index (χ4n) is 0.879. The van der Waals surface area contributed by atoms with Gasteiger partial charge in [-0.3, -0.25) is 0 Å². The minimum absolute atomic E-state index is 0.0967. The van der Waals surface area contributed by atoms with Crippen LogP contribution in [0.5, 0.6) is 0 Å². The summed E-state index contributed by atoms with van der Waals surface area (Å²) in [4.78, 5) is 0. The van der Waals surface area contributed by atoms with Gasteiger partial charge in [-0.25, -0.2) is 13.1 Å². The Bertz CT molecular complexity index is 408. The molecule has 1 rings (SSSR count). The molecule has 0 unspecified atom stereocenters. The maximum Gasteiger partial charge on any atom is 0.221 e. The van der Waals surface area contributed by atoms with E-state index in [9.17, 15) is 8.42 Å². The Morgan fingerprint density at radius 2 is 2.14 bits per heavy atom. The van der Waals surface area contributed by atoms with Gasteiger partial charge < -0.3 is 0 Å². The van der Waals surface area contributed by atoms with Gasteiger partial charge in [-0.05, 0) is 17.7 Å². The molecule has 1 aromatic carbocycles. The SMILES string of the molecule is O=S(=O)(CBr)NCc1cccc(Cl)c1. The van der Waals surface area contributed by atoms with Gasteiger partial charge in [0.25, 0.3) is 0 Å². The van der Waals surface area contributed by atoms with Crippen molar-refractivity contribution < 1.29 is 8.42 Å². The van der Waals surface area contributed by atoms with Crippen LogP contribution in [0.15, 0.2) is 24.3 Å². The molecule has 14 heavy (non-hydrogen) atoms. The topological polar surface area (TPSA) is 46.2 Å². The molecular weight excluding hydrogens is 290 g/mol. The first-order chi connectivity index (χ1) is 6.53. The predicted molar refractivity (Wildman–Crippen MR) is 61.0 cm³/mol. The lowest BCUT2D eigenvalue weighted by Crippen LogP contribution is -2.23. The summed E-state index contributed by atoms with van der Waals surface area (Å²) in [7, 11) is -3.21. The Balaban J connectivity index is 2.63. The Kier molecular flexibility index (Phi) is 4.37. The number of nitrogens with one attached hydrogen (secondary N) is 1. The van der Waals surface area contributed by atoms with Crippen molar-refractivity contribution in [3.05, 3.63) is 34.9 Å². The maximum atomic E-state index is 11.1. The van der Waals surface area contributed by atoms with E-state index < -0.39 is 10.0 Å². The third-order valence-corrected chi connectivity index (χ3v) is 4.44. The summed E-state index contributed by atoms with van der Waals surface area (Å²) < 4.78 is 24.5. The molecule has 0 aromatic heterocycles. The highest BCUT2D eigenvalue weighted by Gasteiger charge is 2.06. The first-order valence-corrected chi connectivity index (χ1v) is 6.96. The largest absolute Gasteiger partial charge is 0.221 e. The molecule has 3 nitrogen and oxygen atoms in total. The minimum atomic E-state index is -3.21. The third-order valence-electron chi connectivity index (χ3n) is 1.53. The quantitative estimate of drug-likeness (QED) is 0.866. The van der Waals surface area contributed by atoms with Crippen molar-refractivity contribution in [2.75, 3.05) is 4.66 Å². The molecule has 6 heteroatoms. The monoisotopic (exact) mass is 297 g/mol. The normalized spacial score (nSPS) is 11.6. The van der Waals surface area contributed by atoms with Gasteiger partial charge >= 0.3 is 0 Å². The zero-order valence-electron chi connectivity index (χ0n) is 7.20. The van der Waals surface area contributed by atoms with Crippen LogP contribution in [0, 0.1) is 0 Å². The zero-order valence-corrected chi connectivity index (χ0v) is 10.4. The molecule has 0 aliphatic rings. The Morgan fingerprint density at radius 3 is 2.71 bits per heavy atom.